The molecule has 1 aromatic heterocycles. The highest BCUT2D eigenvalue weighted by Gasteiger charge is 2.09. The lowest BCUT2D eigenvalue weighted by molar-refractivity contribution is 0.0957. The minimum atomic E-state index is -0.272. The van der Waals surface area contributed by atoms with Crippen LogP contribution in [0.3, 0.4) is 0 Å². The molecule has 0 aromatic carbocycles. The molecule has 0 aliphatic carbocycles. The maximum Gasteiger partial charge on any atom is 0.276 e. The fourth-order valence-corrected chi connectivity index (χ4v) is 2.21. The van der Waals surface area contributed by atoms with Crippen LogP contribution in [0.15, 0.2) is 6.20 Å². The number of nitrogens with zero attached hydrogens (tertiary/aromatic N) is 2. The molecule has 1 aromatic rings. The summed E-state index contributed by atoms with van der Waals surface area (Å²) in [6.45, 7) is 7.33. The molecule has 0 atom stereocenters. The van der Waals surface area contributed by atoms with Gasteiger partial charge in [-0.3, -0.25) is 10.2 Å². The molecular formula is C10H18N4OS. The Morgan fingerprint density at radius 1 is 1.56 bits per heavy atom. The van der Waals surface area contributed by atoms with Gasteiger partial charge in [-0.1, -0.05) is 13.8 Å². The fraction of sp³-hybridized carbons (Fsp3) is 0.600. The van der Waals surface area contributed by atoms with Gasteiger partial charge >= 0.3 is 0 Å². The summed E-state index contributed by atoms with van der Waals surface area (Å²) in [6.07, 6.45) is 2.45. The van der Waals surface area contributed by atoms with Crippen LogP contribution in [0.5, 0.6) is 0 Å². The van der Waals surface area contributed by atoms with E-state index in [1.807, 2.05) is 0 Å². The van der Waals surface area contributed by atoms with Gasteiger partial charge in [0.1, 0.15) is 4.88 Å². The third-order valence-corrected chi connectivity index (χ3v) is 3.50. The van der Waals surface area contributed by atoms with Gasteiger partial charge in [-0.25, -0.2) is 10.8 Å². The minimum Gasteiger partial charge on any atom is -0.303 e. The normalized spacial score (nSPS) is 10.8. The molecule has 1 heterocycles. The number of aromatic nitrogens is 1. The molecule has 0 fully saturated rings. The predicted molar refractivity (Wildman–Crippen MR) is 65.3 cm³/mol. The summed E-state index contributed by atoms with van der Waals surface area (Å²) in [5.41, 5.74) is 2.10. The van der Waals surface area contributed by atoms with E-state index in [0.717, 1.165) is 31.1 Å². The Labute approximate surface area is 99.6 Å². The second kappa shape index (κ2) is 6.57. The summed E-state index contributed by atoms with van der Waals surface area (Å²) >= 11 is 1.40. The quantitative estimate of drug-likeness (QED) is 0.436. The van der Waals surface area contributed by atoms with Crippen molar-refractivity contribution in [3.63, 3.8) is 0 Å². The van der Waals surface area contributed by atoms with Gasteiger partial charge in [0.15, 0.2) is 0 Å². The average molecular weight is 242 g/mol. The summed E-state index contributed by atoms with van der Waals surface area (Å²) in [4.78, 5) is 18.3. The molecular weight excluding hydrogens is 224 g/mol. The maximum absolute atomic E-state index is 11.2. The van der Waals surface area contributed by atoms with Gasteiger partial charge in [0.2, 0.25) is 0 Å². The van der Waals surface area contributed by atoms with Crippen LogP contribution in [-0.2, 0) is 6.42 Å². The summed E-state index contributed by atoms with van der Waals surface area (Å²) in [5, 5.41) is 0.977. The number of amides is 1. The summed E-state index contributed by atoms with van der Waals surface area (Å²) in [7, 11) is 0. The van der Waals surface area contributed by atoms with E-state index in [1.165, 1.54) is 11.3 Å². The number of nitrogens with one attached hydrogen (secondary N) is 1. The number of likely N-dealkylation sites (N-methyl/N-ethyl adjacent to an activating group) is 1. The van der Waals surface area contributed by atoms with Crippen molar-refractivity contribution in [1.82, 2.24) is 15.3 Å². The molecule has 0 spiro atoms. The third kappa shape index (κ3) is 3.55. The molecule has 0 aliphatic heterocycles. The summed E-state index contributed by atoms with van der Waals surface area (Å²) in [5.74, 6) is 4.78. The second-order valence-corrected chi connectivity index (χ2v) is 4.48. The van der Waals surface area contributed by atoms with E-state index >= 15 is 0 Å². The SMILES string of the molecule is CCN(CC)CCc1ncc(C(=O)NN)s1. The van der Waals surface area contributed by atoms with Crippen LogP contribution < -0.4 is 11.3 Å². The zero-order chi connectivity index (χ0) is 12.0. The van der Waals surface area contributed by atoms with Crippen LogP contribution in [0.4, 0.5) is 0 Å². The first kappa shape index (κ1) is 13.1. The van der Waals surface area contributed by atoms with E-state index in [9.17, 15) is 4.79 Å². The largest absolute Gasteiger partial charge is 0.303 e. The number of rotatable bonds is 6. The highest BCUT2D eigenvalue weighted by molar-refractivity contribution is 7.13. The van der Waals surface area contributed by atoms with Crippen molar-refractivity contribution in [1.29, 1.82) is 0 Å². The number of carbonyl (C=O) groups is 1. The predicted octanol–water partition coefficient (Wildman–Crippen LogP) is 0.631. The Morgan fingerprint density at radius 2 is 2.25 bits per heavy atom. The van der Waals surface area contributed by atoms with Crippen molar-refractivity contribution in [2.24, 2.45) is 5.84 Å². The highest BCUT2D eigenvalue weighted by atomic mass is 32.1. The summed E-state index contributed by atoms with van der Waals surface area (Å²) in [6, 6.07) is 0. The molecule has 6 heteroatoms. The molecule has 1 amide bonds. The van der Waals surface area contributed by atoms with Crippen LogP contribution in [0, 0.1) is 0 Å². The van der Waals surface area contributed by atoms with Gasteiger partial charge in [-0.2, -0.15) is 0 Å². The molecule has 0 bridgehead atoms. The topological polar surface area (TPSA) is 71.2 Å². The first-order chi connectivity index (χ1) is 7.71. The molecule has 90 valence electrons. The monoisotopic (exact) mass is 242 g/mol. The van der Waals surface area contributed by atoms with Gasteiger partial charge in [0.25, 0.3) is 5.91 Å². The van der Waals surface area contributed by atoms with E-state index in [2.05, 4.69) is 29.2 Å². The number of carbonyl (C=O) groups excluding carboxylic acids is 1. The zero-order valence-electron chi connectivity index (χ0n) is 9.69. The molecule has 0 unspecified atom stereocenters. The van der Waals surface area contributed by atoms with E-state index in [1.54, 1.807) is 6.20 Å². The Balaban J connectivity index is 2.49. The third-order valence-electron chi connectivity index (χ3n) is 2.44. The molecule has 0 saturated carbocycles. The number of hydrogen-bond donors (Lipinski definition) is 2. The number of nitrogens with two attached hydrogens (primary N) is 1. The summed E-state index contributed by atoms with van der Waals surface area (Å²) < 4.78 is 0. The van der Waals surface area contributed by atoms with Crippen molar-refractivity contribution >= 4 is 17.2 Å². The van der Waals surface area contributed by atoms with Crippen LogP contribution in [0.1, 0.15) is 28.5 Å². The van der Waals surface area contributed by atoms with Crippen LogP contribution >= 0.6 is 11.3 Å². The number of hydrogen-bond acceptors (Lipinski definition) is 5. The van der Waals surface area contributed by atoms with Gasteiger partial charge < -0.3 is 4.90 Å². The molecule has 0 saturated heterocycles. The molecule has 0 aliphatic rings. The van der Waals surface area contributed by atoms with Crippen molar-refractivity contribution in [2.45, 2.75) is 20.3 Å². The first-order valence-corrected chi connectivity index (χ1v) is 6.20. The number of nitrogen functional groups attached to an aromatic ring is 1. The maximum atomic E-state index is 11.2. The van der Waals surface area contributed by atoms with Crippen molar-refractivity contribution in [3.8, 4) is 0 Å². The zero-order valence-corrected chi connectivity index (χ0v) is 10.5. The molecule has 16 heavy (non-hydrogen) atoms. The van der Waals surface area contributed by atoms with Crippen molar-refractivity contribution in [2.75, 3.05) is 19.6 Å². The van der Waals surface area contributed by atoms with Crippen molar-refractivity contribution < 1.29 is 4.79 Å². The lowest BCUT2D eigenvalue weighted by Gasteiger charge is -2.16. The van der Waals surface area contributed by atoms with Gasteiger partial charge in [0, 0.05) is 13.0 Å². The lowest BCUT2D eigenvalue weighted by Crippen LogP contribution is -2.29. The Hall–Kier alpha value is -0.980. The second-order valence-electron chi connectivity index (χ2n) is 3.37. The van der Waals surface area contributed by atoms with Gasteiger partial charge in [-0.05, 0) is 13.1 Å². The van der Waals surface area contributed by atoms with Crippen molar-refractivity contribution in [3.05, 3.63) is 16.1 Å². The minimum absolute atomic E-state index is 0.272. The standard InChI is InChI=1S/C10H18N4OS/c1-3-14(4-2)6-5-9-12-7-8(16-9)10(15)13-11/h7H,3-6,11H2,1-2H3,(H,13,15). The smallest absolute Gasteiger partial charge is 0.276 e. The Kier molecular flexibility index (Phi) is 5.37. The molecule has 0 radical (unpaired) electrons. The van der Waals surface area contributed by atoms with Gasteiger partial charge in [-0.15, -0.1) is 11.3 Å². The number of hydrazine groups is 1. The average Bonchev–Trinajstić information content (AvgIpc) is 2.78. The molecule has 5 nitrogen and oxygen atoms in total. The number of thiazole rings is 1. The van der Waals surface area contributed by atoms with E-state index < -0.39 is 0 Å². The highest BCUT2D eigenvalue weighted by Crippen LogP contribution is 2.13. The first-order valence-electron chi connectivity index (χ1n) is 5.39. The van der Waals surface area contributed by atoms with Crippen LogP contribution in [0.2, 0.25) is 0 Å². The molecule has 1 rings (SSSR count). The van der Waals surface area contributed by atoms with Gasteiger partial charge in [0.05, 0.1) is 11.2 Å². The van der Waals surface area contributed by atoms with E-state index in [4.69, 9.17) is 5.84 Å². The lowest BCUT2D eigenvalue weighted by atomic mass is 10.4. The van der Waals surface area contributed by atoms with Crippen LogP contribution in [-0.4, -0.2) is 35.4 Å². The van der Waals surface area contributed by atoms with Crippen LogP contribution in [0.25, 0.3) is 0 Å². The molecule has 3 N–H and O–H groups in total. The Morgan fingerprint density at radius 3 is 2.81 bits per heavy atom. The fourth-order valence-electron chi connectivity index (χ4n) is 1.40. The Bertz CT molecular complexity index is 335. The van der Waals surface area contributed by atoms with E-state index in [-0.39, 0.29) is 5.91 Å². The van der Waals surface area contributed by atoms with E-state index in [0.29, 0.717) is 4.88 Å².